The first-order chi connectivity index (χ1) is 13.5. The molecule has 1 aromatic rings. The average Bonchev–Trinajstić information content (AvgIpc) is 3.14. The van der Waals surface area contributed by atoms with Gasteiger partial charge in [0.25, 0.3) is 5.91 Å². The molecule has 0 unspecified atom stereocenters. The van der Waals surface area contributed by atoms with Gasteiger partial charge in [0.05, 0.1) is 6.04 Å². The molecule has 6 nitrogen and oxygen atoms in total. The van der Waals surface area contributed by atoms with Crippen molar-refractivity contribution in [1.29, 1.82) is 0 Å². The van der Waals surface area contributed by atoms with Crippen LogP contribution in [0.1, 0.15) is 42.5 Å². The predicted molar refractivity (Wildman–Crippen MR) is 98.7 cm³/mol. The maximum Gasteiger partial charge on any atom is 0.426 e. The van der Waals surface area contributed by atoms with Gasteiger partial charge in [-0.05, 0) is 55.0 Å². The van der Waals surface area contributed by atoms with Crippen molar-refractivity contribution >= 4 is 23.6 Å². The Hall–Kier alpha value is -2.00. The number of amides is 2. The molecule has 10 heteroatoms. The molecule has 0 radical (unpaired) electrons. The van der Waals surface area contributed by atoms with Crippen LogP contribution in [0.3, 0.4) is 0 Å². The number of carboxylic acid groups (broad SMARTS) is 1. The minimum Gasteiger partial charge on any atom is -0.465 e. The van der Waals surface area contributed by atoms with E-state index in [-0.39, 0.29) is 13.1 Å². The number of carbonyl (C=O) groups is 2. The number of nitrogens with zero attached hydrogens (tertiary/aromatic N) is 2. The zero-order valence-electron chi connectivity index (χ0n) is 16.1. The van der Waals surface area contributed by atoms with Crippen molar-refractivity contribution in [3.05, 3.63) is 33.8 Å². The lowest BCUT2D eigenvalue weighted by molar-refractivity contribution is -0.258. The van der Waals surface area contributed by atoms with Crippen LogP contribution in [0, 0.1) is 0 Å². The van der Waals surface area contributed by atoms with Gasteiger partial charge in [0.2, 0.25) is 5.60 Å². The molecule has 1 N–H and O–H groups in total. The lowest BCUT2D eigenvalue weighted by Crippen LogP contribution is -2.58. The molecule has 0 aromatic heterocycles. The van der Waals surface area contributed by atoms with Crippen LogP contribution in [-0.2, 0) is 22.5 Å². The Morgan fingerprint density at radius 1 is 1.28 bits per heavy atom. The van der Waals surface area contributed by atoms with Crippen LogP contribution in [0.25, 0.3) is 0 Å². The van der Waals surface area contributed by atoms with Crippen molar-refractivity contribution in [2.45, 2.75) is 50.6 Å². The third-order valence-corrected chi connectivity index (χ3v) is 6.06. The topological polar surface area (TPSA) is 70.1 Å². The van der Waals surface area contributed by atoms with E-state index in [1.165, 1.54) is 4.90 Å². The fourth-order valence-corrected chi connectivity index (χ4v) is 4.32. The molecule has 2 heterocycles. The van der Waals surface area contributed by atoms with Gasteiger partial charge >= 0.3 is 12.3 Å². The molecule has 2 aliphatic rings. The van der Waals surface area contributed by atoms with Gasteiger partial charge in [0.1, 0.15) is 0 Å². The molecular formula is C19H22ClF3N2O4. The normalized spacial score (nSPS) is 21.7. The minimum absolute atomic E-state index is 0.0559. The van der Waals surface area contributed by atoms with E-state index in [0.717, 1.165) is 24.5 Å². The Morgan fingerprint density at radius 2 is 1.97 bits per heavy atom. The molecule has 0 spiro atoms. The summed E-state index contributed by atoms with van der Waals surface area (Å²) in [5.74, 6) is -1.17. The van der Waals surface area contributed by atoms with Crippen LogP contribution < -0.4 is 0 Å². The van der Waals surface area contributed by atoms with Crippen LogP contribution in [0.4, 0.5) is 18.0 Å². The summed E-state index contributed by atoms with van der Waals surface area (Å²) >= 11 is 6.23. The number of hydrogen-bond donors (Lipinski definition) is 1. The molecule has 0 bridgehead atoms. The lowest BCUT2D eigenvalue weighted by atomic mass is 9.89. The summed E-state index contributed by atoms with van der Waals surface area (Å²) in [5, 5.41) is 9.91. The Morgan fingerprint density at radius 3 is 2.55 bits per heavy atom. The van der Waals surface area contributed by atoms with Crippen molar-refractivity contribution in [3.8, 4) is 0 Å². The molecule has 1 aromatic carbocycles. The number of halogens is 4. The quantitative estimate of drug-likeness (QED) is 0.780. The van der Waals surface area contributed by atoms with Crippen molar-refractivity contribution in [3.63, 3.8) is 0 Å². The van der Waals surface area contributed by atoms with Crippen LogP contribution in [0.2, 0.25) is 5.02 Å². The van der Waals surface area contributed by atoms with Gasteiger partial charge in [0.15, 0.2) is 0 Å². The van der Waals surface area contributed by atoms with E-state index in [1.807, 2.05) is 0 Å². The maximum atomic E-state index is 13.5. The number of hydrogen-bond acceptors (Lipinski definition) is 3. The monoisotopic (exact) mass is 434 g/mol. The van der Waals surface area contributed by atoms with E-state index in [0.29, 0.717) is 42.0 Å². The van der Waals surface area contributed by atoms with Crippen LogP contribution in [0.15, 0.2) is 12.1 Å². The molecule has 2 amide bonds. The Bertz CT molecular complexity index is 832. The van der Waals surface area contributed by atoms with E-state index in [2.05, 4.69) is 4.74 Å². The Labute approximate surface area is 171 Å². The first-order valence-corrected chi connectivity index (χ1v) is 9.59. The molecule has 0 saturated carbocycles. The number of benzene rings is 1. The second kappa shape index (κ2) is 7.68. The Balaban J connectivity index is 1.97. The molecular weight excluding hydrogens is 413 g/mol. The van der Waals surface area contributed by atoms with Crippen LogP contribution >= 0.6 is 11.6 Å². The minimum atomic E-state index is -4.87. The molecule has 2 aliphatic heterocycles. The van der Waals surface area contributed by atoms with E-state index in [1.54, 1.807) is 12.1 Å². The summed E-state index contributed by atoms with van der Waals surface area (Å²) < 4.78 is 45.0. The van der Waals surface area contributed by atoms with Gasteiger partial charge in [0, 0.05) is 31.8 Å². The summed E-state index contributed by atoms with van der Waals surface area (Å²) in [7, 11) is 0.859. The number of fused-ring (bicyclic) bond motifs is 1. The predicted octanol–water partition coefficient (Wildman–Crippen LogP) is 4.01. The largest absolute Gasteiger partial charge is 0.465 e. The highest BCUT2D eigenvalue weighted by Crippen LogP contribution is 2.40. The third-order valence-electron chi connectivity index (χ3n) is 5.84. The van der Waals surface area contributed by atoms with Crippen LogP contribution in [0.5, 0.6) is 0 Å². The van der Waals surface area contributed by atoms with Gasteiger partial charge in [-0.25, -0.2) is 4.79 Å². The molecule has 1 fully saturated rings. The third kappa shape index (κ3) is 3.77. The van der Waals surface area contributed by atoms with Gasteiger partial charge in [-0.2, -0.15) is 13.2 Å². The summed E-state index contributed by atoms with van der Waals surface area (Å²) in [6, 6.07) is 2.94. The fraction of sp³-hybridized carbons (Fsp3) is 0.579. The smallest absolute Gasteiger partial charge is 0.426 e. The van der Waals surface area contributed by atoms with Crippen molar-refractivity contribution in [1.82, 2.24) is 9.80 Å². The van der Waals surface area contributed by atoms with Gasteiger partial charge in [-0.3, -0.25) is 4.79 Å². The van der Waals surface area contributed by atoms with Crippen molar-refractivity contribution < 1.29 is 32.6 Å². The fourth-order valence-electron chi connectivity index (χ4n) is 4.07. The number of alkyl halides is 3. The second-order valence-corrected chi connectivity index (χ2v) is 7.91. The molecule has 160 valence electrons. The number of likely N-dealkylation sites (tertiary alicyclic amines) is 1. The zero-order chi connectivity index (χ0) is 21.6. The van der Waals surface area contributed by atoms with Gasteiger partial charge in [-0.1, -0.05) is 11.6 Å². The average molecular weight is 435 g/mol. The molecule has 3 rings (SSSR count). The first kappa shape index (κ1) is 21.7. The molecule has 1 saturated heterocycles. The number of ether oxygens (including phenoxy) is 1. The van der Waals surface area contributed by atoms with Crippen molar-refractivity contribution in [2.75, 3.05) is 20.2 Å². The second-order valence-electron chi connectivity index (χ2n) is 7.48. The van der Waals surface area contributed by atoms with E-state index in [4.69, 9.17) is 11.6 Å². The lowest BCUT2D eigenvalue weighted by Gasteiger charge is -2.38. The summed E-state index contributed by atoms with van der Waals surface area (Å²) in [6.45, 7) is 1.13. The molecule has 0 aliphatic carbocycles. The highest BCUT2D eigenvalue weighted by Gasteiger charge is 2.59. The van der Waals surface area contributed by atoms with Crippen LogP contribution in [-0.4, -0.2) is 58.9 Å². The van der Waals surface area contributed by atoms with Gasteiger partial charge < -0.3 is 19.6 Å². The summed E-state index contributed by atoms with van der Waals surface area (Å²) in [4.78, 5) is 26.7. The maximum absolute atomic E-state index is 13.5. The Kier molecular flexibility index (Phi) is 5.75. The van der Waals surface area contributed by atoms with Crippen molar-refractivity contribution in [2.24, 2.45) is 0 Å². The number of rotatable bonds is 3. The standard InChI is InChI=1S/C19H22ClF3N2O4/c1-18(29-2,19(21,22)23)16(26)24-7-5-11-8-12(20)9-13(14(11)10-24)15-4-3-6-25(15)17(27)28/h8-9,15H,3-7,10H2,1-2H3,(H,27,28)/t15-,18-/m0/s1. The highest BCUT2D eigenvalue weighted by molar-refractivity contribution is 6.30. The SMILES string of the molecule is CO[C@@](C)(C(=O)N1CCc2cc(Cl)cc([C@@H]3CCCN3C(=O)O)c2C1)C(F)(F)F. The number of carbonyl (C=O) groups excluding carboxylic acids is 1. The summed E-state index contributed by atoms with van der Waals surface area (Å²) in [5.41, 5.74) is -0.818. The molecule has 2 atom stereocenters. The first-order valence-electron chi connectivity index (χ1n) is 9.21. The van der Waals surface area contributed by atoms with E-state index in [9.17, 15) is 27.9 Å². The zero-order valence-corrected chi connectivity index (χ0v) is 16.8. The summed E-state index contributed by atoms with van der Waals surface area (Å²) in [6.07, 6.45) is -4.34. The molecule has 29 heavy (non-hydrogen) atoms. The van der Waals surface area contributed by atoms with Gasteiger partial charge in [-0.15, -0.1) is 0 Å². The highest BCUT2D eigenvalue weighted by atomic mass is 35.5. The van der Waals surface area contributed by atoms with E-state index >= 15 is 0 Å². The number of methoxy groups -OCH3 is 1. The van der Waals surface area contributed by atoms with E-state index < -0.39 is 29.8 Å².